The number of hydrogen-bond donors (Lipinski definition) is 3. The number of nitrogens with zero attached hydrogens (tertiary/aromatic N) is 2. The van der Waals surface area contributed by atoms with Crippen LogP contribution in [0.1, 0.15) is 24.2 Å². The molecule has 3 rings (SSSR count). The topological polar surface area (TPSA) is 99.0 Å². The van der Waals surface area contributed by atoms with E-state index in [0.717, 1.165) is 21.9 Å². The first kappa shape index (κ1) is 15.3. The van der Waals surface area contributed by atoms with Crippen molar-refractivity contribution in [2.75, 3.05) is 11.9 Å². The molecule has 3 aromatic rings. The second-order valence-corrected chi connectivity index (χ2v) is 5.88. The fraction of sp³-hybridized carbons (Fsp3) is 0.294. The van der Waals surface area contributed by atoms with Crippen LogP contribution in [-0.4, -0.2) is 28.0 Å². The predicted molar refractivity (Wildman–Crippen MR) is 93.6 cm³/mol. The number of nitrogens with two attached hydrogens (primary N) is 2. The molecular weight excluding hydrogens is 290 g/mol. The van der Waals surface area contributed by atoms with E-state index in [1.54, 1.807) is 0 Å². The second kappa shape index (κ2) is 5.89. The molecule has 120 valence electrons. The van der Waals surface area contributed by atoms with Gasteiger partial charge < -0.3 is 21.4 Å². The van der Waals surface area contributed by atoms with Gasteiger partial charge in [-0.3, -0.25) is 4.79 Å². The molecule has 0 fully saturated rings. The van der Waals surface area contributed by atoms with Gasteiger partial charge in [0.15, 0.2) is 0 Å². The Hall–Kier alpha value is -2.60. The van der Waals surface area contributed by atoms with Crippen LogP contribution in [-0.2, 0) is 6.54 Å². The molecule has 0 aliphatic rings. The Morgan fingerprint density at radius 2 is 2.04 bits per heavy atom. The Labute approximate surface area is 134 Å². The lowest BCUT2D eigenvalue weighted by molar-refractivity contribution is 0.100. The van der Waals surface area contributed by atoms with Crippen LogP contribution in [0.2, 0.25) is 0 Å². The van der Waals surface area contributed by atoms with Crippen LogP contribution < -0.4 is 16.8 Å². The van der Waals surface area contributed by atoms with E-state index in [1.807, 2.05) is 44.2 Å². The maximum absolute atomic E-state index is 11.8. The first-order chi connectivity index (χ1) is 11.0. The maximum atomic E-state index is 11.8. The summed E-state index contributed by atoms with van der Waals surface area (Å²) in [5, 5.41) is 5.16. The van der Waals surface area contributed by atoms with E-state index in [9.17, 15) is 4.79 Å². The molecule has 1 amide bonds. The molecule has 0 saturated heterocycles. The molecule has 0 aliphatic heterocycles. The number of anilines is 1. The van der Waals surface area contributed by atoms with E-state index >= 15 is 0 Å². The minimum absolute atomic E-state index is 0.144. The average molecular weight is 311 g/mol. The van der Waals surface area contributed by atoms with Gasteiger partial charge in [-0.05, 0) is 26.0 Å². The van der Waals surface area contributed by atoms with E-state index in [-0.39, 0.29) is 6.04 Å². The lowest BCUT2D eigenvalue weighted by Gasteiger charge is -2.13. The van der Waals surface area contributed by atoms with Crippen molar-refractivity contribution in [2.24, 2.45) is 11.5 Å². The van der Waals surface area contributed by atoms with Crippen LogP contribution in [0, 0.1) is 0 Å². The number of fused-ring (bicyclic) bond motifs is 3. The van der Waals surface area contributed by atoms with Crippen LogP contribution in [0.15, 0.2) is 30.3 Å². The number of carbonyl (C=O) groups is 1. The smallest absolute Gasteiger partial charge is 0.252 e. The number of para-hydroxylation sites is 1. The van der Waals surface area contributed by atoms with E-state index < -0.39 is 5.91 Å². The largest absolute Gasteiger partial charge is 0.367 e. The molecule has 6 heteroatoms. The van der Waals surface area contributed by atoms with Crippen LogP contribution in [0.3, 0.4) is 0 Å². The Balaban J connectivity index is 2.38. The van der Waals surface area contributed by atoms with Gasteiger partial charge in [0.2, 0.25) is 0 Å². The van der Waals surface area contributed by atoms with Crippen molar-refractivity contribution in [2.45, 2.75) is 26.4 Å². The fourth-order valence-electron chi connectivity index (χ4n) is 2.89. The summed E-state index contributed by atoms with van der Waals surface area (Å²) in [5.74, 6) is 0.0271. The Morgan fingerprint density at radius 3 is 2.70 bits per heavy atom. The minimum atomic E-state index is -0.488. The zero-order valence-electron chi connectivity index (χ0n) is 13.3. The number of benzene rings is 1. The van der Waals surface area contributed by atoms with Gasteiger partial charge in [-0.25, -0.2) is 4.98 Å². The molecule has 23 heavy (non-hydrogen) atoms. The van der Waals surface area contributed by atoms with E-state index in [1.165, 1.54) is 0 Å². The molecule has 0 unspecified atom stereocenters. The third-order valence-corrected chi connectivity index (χ3v) is 3.79. The summed E-state index contributed by atoms with van der Waals surface area (Å²) >= 11 is 0. The van der Waals surface area contributed by atoms with Gasteiger partial charge in [0.1, 0.15) is 11.5 Å². The minimum Gasteiger partial charge on any atom is -0.367 e. The molecule has 1 aromatic carbocycles. The second-order valence-electron chi connectivity index (χ2n) is 5.88. The van der Waals surface area contributed by atoms with Gasteiger partial charge in [-0.2, -0.15) is 0 Å². The Morgan fingerprint density at radius 1 is 1.30 bits per heavy atom. The maximum Gasteiger partial charge on any atom is 0.252 e. The van der Waals surface area contributed by atoms with Crippen molar-refractivity contribution in [3.8, 4) is 0 Å². The van der Waals surface area contributed by atoms with Crippen molar-refractivity contribution >= 4 is 33.7 Å². The fourth-order valence-corrected chi connectivity index (χ4v) is 2.89. The van der Waals surface area contributed by atoms with E-state index in [4.69, 9.17) is 11.5 Å². The van der Waals surface area contributed by atoms with Crippen molar-refractivity contribution < 1.29 is 4.79 Å². The first-order valence-corrected chi connectivity index (χ1v) is 7.71. The summed E-state index contributed by atoms with van der Waals surface area (Å²) in [4.78, 5) is 16.5. The summed E-state index contributed by atoms with van der Waals surface area (Å²) in [5.41, 5.74) is 13.6. The molecule has 0 bridgehead atoms. The van der Waals surface area contributed by atoms with Gasteiger partial charge in [0, 0.05) is 29.9 Å². The van der Waals surface area contributed by atoms with E-state index in [2.05, 4.69) is 14.9 Å². The average Bonchev–Trinajstić information content (AvgIpc) is 2.80. The van der Waals surface area contributed by atoms with Gasteiger partial charge >= 0.3 is 0 Å². The van der Waals surface area contributed by atoms with Gasteiger partial charge in [0.05, 0.1) is 11.1 Å². The normalized spacial score (nSPS) is 11.5. The van der Waals surface area contributed by atoms with Crippen molar-refractivity contribution in [1.82, 2.24) is 9.55 Å². The Kier molecular flexibility index (Phi) is 3.92. The van der Waals surface area contributed by atoms with Crippen LogP contribution in [0.4, 0.5) is 5.82 Å². The summed E-state index contributed by atoms with van der Waals surface area (Å²) in [6.45, 7) is 5.16. The highest BCUT2D eigenvalue weighted by atomic mass is 16.1. The van der Waals surface area contributed by atoms with Crippen molar-refractivity contribution in [1.29, 1.82) is 0 Å². The number of aromatic nitrogens is 2. The van der Waals surface area contributed by atoms with Crippen LogP contribution in [0.25, 0.3) is 21.9 Å². The highest BCUT2D eigenvalue weighted by Gasteiger charge is 2.18. The molecular formula is C17H21N5O. The quantitative estimate of drug-likeness (QED) is 0.671. The van der Waals surface area contributed by atoms with Crippen molar-refractivity contribution in [3.63, 3.8) is 0 Å². The monoisotopic (exact) mass is 311 g/mol. The number of carbonyl (C=O) groups excluding carboxylic acids is 1. The first-order valence-electron chi connectivity index (χ1n) is 7.71. The SMILES string of the molecule is CC(C)Nc1nc2c(cc1C(N)=O)c1ccccc1n2CCN. The summed E-state index contributed by atoms with van der Waals surface area (Å²) in [6, 6.07) is 9.98. The van der Waals surface area contributed by atoms with Gasteiger partial charge in [-0.1, -0.05) is 18.2 Å². The van der Waals surface area contributed by atoms with Gasteiger partial charge in [0.25, 0.3) is 5.91 Å². The van der Waals surface area contributed by atoms with Crippen molar-refractivity contribution in [3.05, 3.63) is 35.9 Å². The summed E-state index contributed by atoms with van der Waals surface area (Å²) in [7, 11) is 0. The molecule has 0 saturated carbocycles. The standard InChI is InChI=1S/C17H21N5O/c1-10(2)20-16-13(15(19)23)9-12-11-5-3-4-6-14(11)22(8-7-18)17(12)21-16/h3-6,9-10H,7-8,18H2,1-2H3,(H2,19,23)(H,20,21). The molecule has 0 aliphatic carbocycles. The third-order valence-electron chi connectivity index (χ3n) is 3.79. The number of amides is 1. The number of nitrogens with one attached hydrogen (secondary N) is 1. The third kappa shape index (κ3) is 2.61. The number of rotatable bonds is 5. The lowest BCUT2D eigenvalue weighted by atomic mass is 10.1. The molecule has 2 aromatic heterocycles. The molecule has 6 nitrogen and oxygen atoms in total. The lowest BCUT2D eigenvalue weighted by Crippen LogP contribution is -2.19. The summed E-state index contributed by atoms with van der Waals surface area (Å²) < 4.78 is 2.08. The zero-order chi connectivity index (χ0) is 16.6. The van der Waals surface area contributed by atoms with Crippen LogP contribution >= 0.6 is 0 Å². The molecule has 5 N–H and O–H groups in total. The Bertz CT molecular complexity index is 881. The number of pyridine rings is 1. The number of primary amides is 1. The zero-order valence-corrected chi connectivity index (χ0v) is 13.3. The van der Waals surface area contributed by atoms with Gasteiger partial charge in [-0.15, -0.1) is 0 Å². The van der Waals surface area contributed by atoms with Crippen LogP contribution in [0.5, 0.6) is 0 Å². The highest BCUT2D eigenvalue weighted by Crippen LogP contribution is 2.30. The highest BCUT2D eigenvalue weighted by molar-refractivity contribution is 6.10. The molecule has 2 heterocycles. The molecule has 0 radical (unpaired) electrons. The van der Waals surface area contributed by atoms with E-state index in [0.29, 0.717) is 24.5 Å². The summed E-state index contributed by atoms with van der Waals surface area (Å²) in [6.07, 6.45) is 0. The molecule has 0 spiro atoms. The number of hydrogen-bond acceptors (Lipinski definition) is 4. The predicted octanol–water partition coefficient (Wildman–Crippen LogP) is 2.07. The molecule has 0 atom stereocenters.